The summed E-state index contributed by atoms with van der Waals surface area (Å²) in [5, 5.41) is 2.96. The molecule has 20 heavy (non-hydrogen) atoms. The SMILES string of the molecule is CC(C)(C)S(=O)(=O)NC1CCN(C(=O)NC2CC2)CC1. The van der Waals surface area contributed by atoms with Gasteiger partial charge >= 0.3 is 6.03 Å². The first-order valence-electron chi connectivity index (χ1n) is 7.26. The average molecular weight is 303 g/mol. The summed E-state index contributed by atoms with van der Waals surface area (Å²) in [5.74, 6) is 0. The van der Waals surface area contributed by atoms with Crippen molar-refractivity contribution in [2.75, 3.05) is 13.1 Å². The third kappa shape index (κ3) is 3.85. The molecule has 0 bridgehead atoms. The molecule has 0 spiro atoms. The highest BCUT2D eigenvalue weighted by molar-refractivity contribution is 7.90. The minimum atomic E-state index is -3.31. The Kier molecular flexibility index (Phi) is 4.30. The van der Waals surface area contributed by atoms with Crippen LogP contribution in [0.5, 0.6) is 0 Å². The number of nitrogens with one attached hydrogen (secondary N) is 2. The average Bonchev–Trinajstić information content (AvgIpc) is 3.11. The van der Waals surface area contributed by atoms with Crippen LogP contribution in [-0.4, -0.2) is 49.3 Å². The maximum absolute atomic E-state index is 12.1. The van der Waals surface area contributed by atoms with Crippen molar-refractivity contribution >= 4 is 16.1 Å². The Morgan fingerprint density at radius 2 is 1.60 bits per heavy atom. The Hall–Kier alpha value is -0.820. The van der Waals surface area contributed by atoms with Gasteiger partial charge in [-0.2, -0.15) is 0 Å². The van der Waals surface area contributed by atoms with Crippen molar-refractivity contribution in [1.82, 2.24) is 14.9 Å². The lowest BCUT2D eigenvalue weighted by atomic mass is 10.1. The molecule has 1 aliphatic heterocycles. The first-order chi connectivity index (χ1) is 9.19. The van der Waals surface area contributed by atoms with Crippen LogP contribution in [-0.2, 0) is 10.0 Å². The minimum absolute atomic E-state index is 0.00960. The fourth-order valence-corrected chi connectivity index (χ4v) is 3.12. The third-order valence-electron chi connectivity index (χ3n) is 3.82. The Bertz CT molecular complexity index is 458. The largest absolute Gasteiger partial charge is 0.335 e. The van der Waals surface area contributed by atoms with E-state index in [1.54, 1.807) is 25.7 Å². The summed E-state index contributed by atoms with van der Waals surface area (Å²) in [6.45, 7) is 6.28. The van der Waals surface area contributed by atoms with Gasteiger partial charge in [0.2, 0.25) is 10.0 Å². The van der Waals surface area contributed by atoms with E-state index in [1.165, 1.54) is 0 Å². The van der Waals surface area contributed by atoms with Gasteiger partial charge in [0, 0.05) is 25.2 Å². The molecule has 0 radical (unpaired) electrons. The molecule has 2 aliphatic rings. The monoisotopic (exact) mass is 303 g/mol. The summed E-state index contributed by atoms with van der Waals surface area (Å²) in [6, 6.07) is 0.286. The van der Waals surface area contributed by atoms with Crippen LogP contribution in [0.15, 0.2) is 0 Å². The molecule has 0 aromatic heterocycles. The van der Waals surface area contributed by atoms with E-state index in [9.17, 15) is 13.2 Å². The van der Waals surface area contributed by atoms with Crippen LogP contribution in [0.2, 0.25) is 0 Å². The highest BCUT2D eigenvalue weighted by atomic mass is 32.2. The number of nitrogens with zero attached hydrogens (tertiary/aromatic N) is 1. The van der Waals surface area contributed by atoms with E-state index in [1.807, 2.05) is 0 Å². The summed E-state index contributed by atoms with van der Waals surface area (Å²) in [6.07, 6.45) is 3.50. The Morgan fingerprint density at radius 1 is 1.05 bits per heavy atom. The van der Waals surface area contributed by atoms with Gasteiger partial charge in [0.25, 0.3) is 0 Å². The Labute approximate surface area is 121 Å². The van der Waals surface area contributed by atoms with Crippen LogP contribution in [0.4, 0.5) is 4.79 Å². The number of urea groups is 1. The minimum Gasteiger partial charge on any atom is -0.335 e. The van der Waals surface area contributed by atoms with E-state index in [2.05, 4.69) is 10.0 Å². The normalized spacial score (nSPS) is 21.9. The zero-order valence-corrected chi connectivity index (χ0v) is 13.3. The molecule has 1 aliphatic carbocycles. The molecular formula is C13H25N3O3S. The predicted octanol–water partition coefficient (Wildman–Crippen LogP) is 1.04. The number of likely N-dealkylation sites (tertiary alicyclic amines) is 1. The molecule has 1 saturated heterocycles. The summed E-state index contributed by atoms with van der Waals surface area (Å²) in [4.78, 5) is 13.7. The van der Waals surface area contributed by atoms with Crippen LogP contribution in [0.3, 0.4) is 0 Å². The molecule has 0 unspecified atom stereocenters. The molecular weight excluding hydrogens is 278 g/mol. The number of amides is 2. The number of carbonyl (C=O) groups excluding carboxylic acids is 1. The van der Waals surface area contributed by atoms with E-state index < -0.39 is 14.8 Å². The van der Waals surface area contributed by atoms with E-state index in [0.29, 0.717) is 32.0 Å². The highest BCUT2D eigenvalue weighted by Crippen LogP contribution is 2.21. The number of rotatable bonds is 3. The van der Waals surface area contributed by atoms with Crippen LogP contribution in [0.25, 0.3) is 0 Å². The Morgan fingerprint density at radius 3 is 2.05 bits per heavy atom. The summed E-state index contributed by atoms with van der Waals surface area (Å²) in [7, 11) is -3.31. The highest BCUT2D eigenvalue weighted by Gasteiger charge is 2.33. The fraction of sp³-hybridized carbons (Fsp3) is 0.923. The lowest BCUT2D eigenvalue weighted by Crippen LogP contribution is -2.52. The zero-order chi connectivity index (χ0) is 15.0. The maximum Gasteiger partial charge on any atom is 0.317 e. The molecule has 0 aromatic carbocycles. The number of hydrogen-bond donors (Lipinski definition) is 2. The second-order valence-corrected chi connectivity index (χ2v) is 9.19. The molecule has 1 heterocycles. The van der Waals surface area contributed by atoms with Gasteiger partial charge < -0.3 is 10.2 Å². The summed E-state index contributed by atoms with van der Waals surface area (Å²) >= 11 is 0. The first kappa shape index (κ1) is 15.6. The van der Waals surface area contributed by atoms with Crippen molar-refractivity contribution in [2.24, 2.45) is 0 Å². The second kappa shape index (κ2) is 5.52. The molecule has 2 amide bonds. The lowest BCUT2D eigenvalue weighted by molar-refractivity contribution is 0.179. The fourth-order valence-electron chi connectivity index (χ4n) is 2.09. The van der Waals surface area contributed by atoms with Crippen molar-refractivity contribution in [3.63, 3.8) is 0 Å². The van der Waals surface area contributed by atoms with Gasteiger partial charge in [-0.3, -0.25) is 0 Å². The predicted molar refractivity (Wildman–Crippen MR) is 78.0 cm³/mol. The van der Waals surface area contributed by atoms with Crippen molar-refractivity contribution < 1.29 is 13.2 Å². The van der Waals surface area contributed by atoms with E-state index >= 15 is 0 Å². The van der Waals surface area contributed by atoms with Crippen molar-refractivity contribution in [2.45, 2.75) is 63.3 Å². The van der Waals surface area contributed by atoms with Gasteiger partial charge in [0.15, 0.2) is 0 Å². The van der Waals surface area contributed by atoms with Gasteiger partial charge in [-0.15, -0.1) is 0 Å². The van der Waals surface area contributed by atoms with Crippen LogP contribution < -0.4 is 10.0 Å². The molecule has 0 aromatic rings. The number of sulfonamides is 1. The third-order valence-corrected chi connectivity index (χ3v) is 6.07. The first-order valence-corrected chi connectivity index (χ1v) is 8.75. The quantitative estimate of drug-likeness (QED) is 0.817. The van der Waals surface area contributed by atoms with Crippen LogP contribution >= 0.6 is 0 Å². The molecule has 2 rings (SSSR count). The maximum atomic E-state index is 12.1. The second-order valence-electron chi connectivity index (χ2n) is 6.72. The van der Waals surface area contributed by atoms with Gasteiger partial charge in [-0.05, 0) is 46.5 Å². The molecule has 2 N–H and O–H groups in total. The molecule has 2 fully saturated rings. The van der Waals surface area contributed by atoms with E-state index in [4.69, 9.17) is 0 Å². The van der Waals surface area contributed by atoms with E-state index in [-0.39, 0.29) is 12.1 Å². The van der Waals surface area contributed by atoms with Gasteiger partial charge in [-0.1, -0.05) is 0 Å². The van der Waals surface area contributed by atoms with Gasteiger partial charge in [0.1, 0.15) is 0 Å². The Balaban J connectivity index is 1.80. The number of carbonyl (C=O) groups is 1. The molecule has 7 heteroatoms. The van der Waals surface area contributed by atoms with Crippen LogP contribution in [0.1, 0.15) is 46.5 Å². The lowest BCUT2D eigenvalue weighted by Gasteiger charge is -2.33. The molecule has 0 atom stereocenters. The van der Waals surface area contributed by atoms with Crippen molar-refractivity contribution in [1.29, 1.82) is 0 Å². The topological polar surface area (TPSA) is 78.5 Å². The summed E-state index contributed by atoms with van der Waals surface area (Å²) < 4.78 is 26.1. The van der Waals surface area contributed by atoms with Crippen molar-refractivity contribution in [3.8, 4) is 0 Å². The molecule has 116 valence electrons. The van der Waals surface area contributed by atoms with Gasteiger partial charge in [-0.25, -0.2) is 17.9 Å². The smallest absolute Gasteiger partial charge is 0.317 e. The van der Waals surface area contributed by atoms with E-state index in [0.717, 1.165) is 12.8 Å². The summed E-state index contributed by atoms with van der Waals surface area (Å²) in [5.41, 5.74) is 0. The molecule has 1 saturated carbocycles. The van der Waals surface area contributed by atoms with Crippen LogP contribution in [0, 0.1) is 0 Å². The number of hydrogen-bond acceptors (Lipinski definition) is 3. The van der Waals surface area contributed by atoms with Gasteiger partial charge in [0.05, 0.1) is 4.75 Å². The number of piperidine rings is 1. The molecule has 6 nitrogen and oxygen atoms in total. The standard InChI is InChI=1S/C13H25N3O3S/c1-13(2,3)20(18,19)15-11-6-8-16(9-7-11)12(17)14-10-4-5-10/h10-11,15H,4-9H2,1-3H3,(H,14,17). The van der Waals surface area contributed by atoms with Crippen molar-refractivity contribution in [3.05, 3.63) is 0 Å². The zero-order valence-electron chi connectivity index (χ0n) is 12.5.